The molecule has 1 unspecified atom stereocenters. The largest absolute Gasteiger partial charge is 0.462 e. The van der Waals surface area contributed by atoms with E-state index < -0.39 is 6.10 Å². The van der Waals surface area contributed by atoms with Gasteiger partial charge < -0.3 is 14.2 Å². The van der Waals surface area contributed by atoms with Crippen molar-refractivity contribution >= 4 is 17.9 Å². The maximum atomic E-state index is 12.9. The number of hydrogen-bond acceptors (Lipinski definition) is 6. The minimum absolute atomic E-state index is 0.0650. The summed E-state index contributed by atoms with van der Waals surface area (Å²) in [5, 5.41) is 0. The Balaban J connectivity index is 4.15. The monoisotopic (exact) mass is 1100 g/mol. The van der Waals surface area contributed by atoms with Crippen molar-refractivity contribution < 1.29 is 28.6 Å². The lowest BCUT2D eigenvalue weighted by Gasteiger charge is -2.18. The lowest BCUT2D eigenvalue weighted by atomic mass is 10.0. The van der Waals surface area contributed by atoms with Crippen LogP contribution in [0.4, 0.5) is 0 Å². The number of carbonyl (C=O) groups excluding carboxylic acids is 3. The summed E-state index contributed by atoms with van der Waals surface area (Å²) >= 11 is 0. The molecular formula is C72H138O6. The minimum Gasteiger partial charge on any atom is -0.462 e. The van der Waals surface area contributed by atoms with Gasteiger partial charge in [0.1, 0.15) is 13.2 Å². The van der Waals surface area contributed by atoms with Gasteiger partial charge in [-0.25, -0.2) is 0 Å². The Bertz CT molecular complexity index is 1210. The van der Waals surface area contributed by atoms with E-state index in [0.717, 1.165) is 57.8 Å². The van der Waals surface area contributed by atoms with Crippen molar-refractivity contribution in [3.05, 3.63) is 12.2 Å². The molecular weight excluding hydrogens is 961 g/mol. The van der Waals surface area contributed by atoms with E-state index in [1.807, 2.05) is 0 Å². The van der Waals surface area contributed by atoms with Crippen molar-refractivity contribution in [3.63, 3.8) is 0 Å². The van der Waals surface area contributed by atoms with Crippen molar-refractivity contribution in [2.75, 3.05) is 13.2 Å². The molecule has 0 spiro atoms. The lowest BCUT2D eigenvalue weighted by Crippen LogP contribution is -2.30. The van der Waals surface area contributed by atoms with Gasteiger partial charge >= 0.3 is 17.9 Å². The van der Waals surface area contributed by atoms with Gasteiger partial charge in [-0.2, -0.15) is 0 Å². The highest BCUT2D eigenvalue weighted by Crippen LogP contribution is 2.19. The number of carbonyl (C=O) groups is 3. The zero-order valence-corrected chi connectivity index (χ0v) is 53.2. The summed E-state index contributed by atoms with van der Waals surface area (Å²) < 4.78 is 17.0. The SMILES string of the molecule is CCCCCCCC/C=C\CCCCCCCCCC(=O)OC(COC(=O)CCCCCCCCCCCCCCCC)COC(=O)CCCCCCCCCCCCCCCCCCCCCCCCCCCCCCC. The zero-order chi connectivity index (χ0) is 56.4. The van der Waals surface area contributed by atoms with Gasteiger partial charge in [-0.15, -0.1) is 0 Å². The Hall–Kier alpha value is -1.85. The average Bonchev–Trinajstić information content (AvgIpc) is 3.44. The molecule has 0 aliphatic carbocycles. The molecule has 0 rings (SSSR count). The van der Waals surface area contributed by atoms with Crippen LogP contribution in [-0.4, -0.2) is 37.2 Å². The van der Waals surface area contributed by atoms with Crippen LogP contribution >= 0.6 is 0 Å². The predicted molar refractivity (Wildman–Crippen MR) is 340 cm³/mol. The first kappa shape index (κ1) is 76.1. The highest BCUT2D eigenvalue weighted by molar-refractivity contribution is 5.71. The molecule has 0 aromatic heterocycles. The number of rotatable bonds is 67. The molecule has 0 aliphatic heterocycles. The third-order valence-electron chi connectivity index (χ3n) is 16.5. The van der Waals surface area contributed by atoms with Crippen LogP contribution in [0.25, 0.3) is 0 Å². The van der Waals surface area contributed by atoms with Crippen molar-refractivity contribution in [1.82, 2.24) is 0 Å². The van der Waals surface area contributed by atoms with Crippen LogP contribution in [0.3, 0.4) is 0 Å². The van der Waals surface area contributed by atoms with Crippen LogP contribution in [0.1, 0.15) is 412 Å². The molecule has 0 radical (unpaired) electrons. The first-order valence-electron chi connectivity index (χ1n) is 35.7. The first-order valence-corrected chi connectivity index (χ1v) is 35.7. The molecule has 0 aromatic carbocycles. The summed E-state index contributed by atoms with van der Waals surface area (Å²) in [6.45, 7) is 6.72. The molecule has 0 fully saturated rings. The van der Waals surface area contributed by atoms with E-state index in [1.54, 1.807) is 0 Å². The molecule has 0 saturated carbocycles. The molecule has 78 heavy (non-hydrogen) atoms. The fraction of sp³-hybridized carbons (Fsp3) is 0.931. The van der Waals surface area contributed by atoms with E-state index in [0.29, 0.717) is 19.3 Å². The number of unbranched alkanes of at least 4 members (excludes halogenated alkanes) is 54. The normalized spacial score (nSPS) is 12.0. The van der Waals surface area contributed by atoms with E-state index in [-0.39, 0.29) is 31.1 Å². The molecule has 0 N–H and O–H groups in total. The molecule has 6 heteroatoms. The summed E-state index contributed by atoms with van der Waals surface area (Å²) in [5.41, 5.74) is 0. The fourth-order valence-corrected chi connectivity index (χ4v) is 11.2. The highest BCUT2D eigenvalue weighted by atomic mass is 16.6. The Kier molecular flexibility index (Phi) is 66.0. The second-order valence-electron chi connectivity index (χ2n) is 24.5. The third kappa shape index (κ3) is 65.0. The van der Waals surface area contributed by atoms with Crippen molar-refractivity contribution in [1.29, 1.82) is 0 Å². The molecule has 0 amide bonds. The Morgan fingerprint density at radius 2 is 0.423 bits per heavy atom. The van der Waals surface area contributed by atoms with E-state index in [9.17, 15) is 14.4 Å². The zero-order valence-electron chi connectivity index (χ0n) is 53.2. The van der Waals surface area contributed by atoms with Crippen LogP contribution in [0.2, 0.25) is 0 Å². The van der Waals surface area contributed by atoms with E-state index >= 15 is 0 Å². The fourth-order valence-electron chi connectivity index (χ4n) is 11.2. The maximum absolute atomic E-state index is 12.9. The number of esters is 3. The molecule has 0 heterocycles. The van der Waals surface area contributed by atoms with Crippen LogP contribution in [0.5, 0.6) is 0 Å². The third-order valence-corrected chi connectivity index (χ3v) is 16.5. The molecule has 0 aliphatic rings. The second kappa shape index (κ2) is 67.7. The average molecular weight is 1100 g/mol. The first-order chi connectivity index (χ1) is 38.5. The standard InChI is InChI=1S/C72H138O6/c1-4-7-10-13-16-19-22-25-28-30-31-32-33-34-35-36-37-38-39-40-41-43-44-47-50-53-56-59-62-65-71(74)77-68-69(67-76-70(73)64-61-58-55-52-49-46-27-24-21-18-15-12-9-6-3)78-72(75)66-63-60-57-54-51-48-45-42-29-26-23-20-17-14-11-8-5-2/h26,29,69H,4-25,27-28,30-68H2,1-3H3/b29-26-. The van der Waals surface area contributed by atoms with Gasteiger partial charge in [0.15, 0.2) is 6.10 Å². The smallest absolute Gasteiger partial charge is 0.306 e. The highest BCUT2D eigenvalue weighted by Gasteiger charge is 2.19. The summed E-state index contributed by atoms with van der Waals surface area (Å²) in [4.78, 5) is 38.4. The summed E-state index contributed by atoms with van der Waals surface area (Å²) in [5.74, 6) is -0.835. The second-order valence-corrected chi connectivity index (χ2v) is 24.5. The van der Waals surface area contributed by atoms with Gasteiger partial charge in [-0.05, 0) is 44.9 Å². The molecule has 0 aromatic rings. The van der Waals surface area contributed by atoms with E-state index in [1.165, 1.54) is 315 Å². The Morgan fingerprint density at radius 1 is 0.244 bits per heavy atom. The summed E-state index contributed by atoms with van der Waals surface area (Å²) in [7, 11) is 0. The van der Waals surface area contributed by atoms with Crippen molar-refractivity contribution in [3.8, 4) is 0 Å². The number of hydrogen-bond donors (Lipinski definition) is 0. The Morgan fingerprint density at radius 3 is 0.641 bits per heavy atom. The number of allylic oxidation sites excluding steroid dienone is 2. The molecule has 0 bridgehead atoms. The van der Waals surface area contributed by atoms with Crippen LogP contribution < -0.4 is 0 Å². The van der Waals surface area contributed by atoms with Crippen LogP contribution in [0, 0.1) is 0 Å². The minimum atomic E-state index is -0.768. The lowest BCUT2D eigenvalue weighted by molar-refractivity contribution is -0.167. The van der Waals surface area contributed by atoms with Gasteiger partial charge in [0.25, 0.3) is 0 Å². The maximum Gasteiger partial charge on any atom is 0.306 e. The van der Waals surface area contributed by atoms with E-state index in [2.05, 4.69) is 32.9 Å². The molecule has 462 valence electrons. The number of ether oxygens (including phenoxy) is 3. The molecule has 0 saturated heterocycles. The van der Waals surface area contributed by atoms with Gasteiger partial charge in [0, 0.05) is 19.3 Å². The Labute approximate surface area is 488 Å². The topological polar surface area (TPSA) is 78.9 Å². The summed E-state index contributed by atoms with van der Waals surface area (Å²) in [6, 6.07) is 0. The van der Waals surface area contributed by atoms with Gasteiger partial charge in [-0.3, -0.25) is 14.4 Å². The predicted octanol–water partition coefficient (Wildman–Crippen LogP) is 24.4. The molecule has 6 nitrogen and oxygen atoms in total. The van der Waals surface area contributed by atoms with Crippen LogP contribution in [-0.2, 0) is 28.6 Å². The molecule has 1 atom stereocenters. The van der Waals surface area contributed by atoms with Crippen LogP contribution in [0.15, 0.2) is 12.2 Å². The van der Waals surface area contributed by atoms with Crippen molar-refractivity contribution in [2.24, 2.45) is 0 Å². The van der Waals surface area contributed by atoms with E-state index in [4.69, 9.17) is 14.2 Å². The van der Waals surface area contributed by atoms with Crippen molar-refractivity contribution in [2.45, 2.75) is 419 Å². The quantitative estimate of drug-likeness (QED) is 0.0261. The van der Waals surface area contributed by atoms with Gasteiger partial charge in [0.05, 0.1) is 0 Å². The van der Waals surface area contributed by atoms with Gasteiger partial charge in [-0.1, -0.05) is 360 Å². The van der Waals surface area contributed by atoms with Gasteiger partial charge in [0.2, 0.25) is 0 Å². The summed E-state index contributed by atoms with van der Waals surface area (Å²) in [6.07, 6.45) is 81.1.